The number of aryl methyl sites for hydroxylation is 2. The molecule has 0 bridgehead atoms. The van der Waals surface area contributed by atoms with Gasteiger partial charge in [-0.2, -0.15) is 0 Å². The SMILES string of the molecule is CNCCc1cc(C)cc(C)c1C. The molecule has 0 amide bonds. The number of nitrogens with one attached hydrogen (secondary N) is 1. The van der Waals surface area contributed by atoms with Crippen LogP contribution < -0.4 is 5.32 Å². The van der Waals surface area contributed by atoms with Crippen molar-refractivity contribution in [2.75, 3.05) is 13.6 Å². The molecule has 0 aliphatic rings. The summed E-state index contributed by atoms with van der Waals surface area (Å²) >= 11 is 0. The zero-order valence-electron chi connectivity index (χ0n) is 9.07. The number of benzene rings is 1. The highest BCUT2D eigenvalue weighted by Crippen LogP contribution is 2.15. The first kappa shape index (κ1) is 10.3. The average molecular weight is 177 g/mol. The van der Waals surface area contributed by atoms with Gasteiger partial charge in [0.2, 0.25) is 0 Å². The summed E-state index contributed by atoms with van der Waals surface area (Å²) in [5.41, 5.74) is 5.70. The quantitative estimate of drug-likeness (QED) is 0.747. The molecule has 1 rings (SSSR count). The zero-order chi connectivity index (χ0) is 9.84. The molecule has 0 spiro atoms. The molecule has 0 saturated carbocycles. The molecular formula is C12H19N. The van der Waals surface area contributed by atoms with Crippen molar-refractivity contribution < 1.29 is 0 Å². The standard InChI is InChI=1S/C12H19N/c1-9-7-10(2)11(3)12(8-9)5-6-13-4/h7-8,13H,5-6H2,1-4H3. The molecule has 0 saturated heterocycles. The van der Waals surface area contributed by atoms with E-state index in [-0.39, 0.29) is 0 Å². The Morgan fingerprint density at radius 2 is 1.85 bits per heavy atom. The lowest BCUT2D eigenvalue weighted by Gasteiger charge is -2.09. The molecule has 1 nitrogen and oxygen atoms in total. The molecule has 13 heavy (non-hydrogen) atoms. The van der Waals surface area contributed by atoms with Gasteiger partial charge in [0.1, 0.15) is 0 Å². The Kier molecular flexibility index (Phi) is 3.49. The third kappa shape index (κ3) is 2.56. The van der Waals surface area contributed by atoms with Gasteiger partial charge in [0.25, 0.3) is 0 Å². The monoisotopic (exact) mass is 177 g/mol. The molecule has 0 heterocycles. The number of rotatable bonds is 3. The smallest absolute Gasteiger partial charge is 0.00113 e. The minimum atomic E-state index is 1.06. The first-order valence-electron chi connectivity index (χ1n) is 4.86. The van der Waals surface area contributed by atoms with Crippen molar-refractivity contribution in [3.63, 3.8) is 0 Å². The predicted octanol–water partition coefficient (Wildman–Crippen LogP) is 2.37. The van der Waals surface area contributed by atoms with Crippen LogP contribution in [-0.4, -0.2) is 13.6 Å². The van der Waals surface area contributed by atoms with Crippen molar-refractivity contribution >= 4 is 0 Å². The summed E-state index contributed by atoms with van der Waals surface area (Å²) < 4.78 is 0. The third-order valence-electron chi connectivity index (χ3n) is 2.56. The highest BCUT2D eigenvalue weighted by molar-refractivity contribution is 5.37. The van der Waals surface area contributed by atoms with Gasteiger partial charge in [-0.15, -0.1) is 0 Å². The van der Waals surface area contributed by atoms with Crippen LogP contribution in [0.15, 0.2) is 12.1 Å². The largest absolute Gasteiger partial charge is 0.319 e. The third-order valence-corrected chi connectivity index (χ3v) is 2.56. The molecule has 0 unspecified atom stereocenters. The van der Waals surface area contributed by atoms with Gasteiger partial charge < -0.3 is 5.32 Å². The second kappa shape index (κ2) is 4.43. The summed E-state index contributed by atoms with van der Waals surface area (Å²) in [6.45, 7) is 7.62. The molecule has 0 atom stereocenters. The maximum Gasteiger partial charge on any atom is -0.00113 e. The van der Waals surface area contributed by atoms with Crippen molar-refractivity contribution in [1.29, 1.82) is 0 Å². The summed E-state index contributed by atoms with van der Waals surface area (Å²) in [5.74, 6) is 0. The van der Waals surface area contributed by atoms with Gasteiger partial charge in [-0.3, -0.25) is 0 Å². The molecule has 1 aromatic carbocycles. The first-order chi connectivity index (χ1) is 6.15. The van der Waals surface area contributed by atoms with Gasteiger partial charge in [0.05, 0.1) is 0 Å². The fourth-order valence-corrected chi connectivity index (χ4v) is 1.65. The Labute approximate surface area is 81.2 Å². The van der Waals surface area contributed by atoms with E-state index in [1.165, 1.54) is 22.3 Å². The van der Waals surface area contributed by atoms with Crippen LogP contribution in [0.2, 0.25) is 0 Å². The predicted molar refractivity (Wildman–Crippen MR) is 58.3 cm³/mol. The van der Waals surface area contributed by atoms with Crippen LogP contribution in [0.4, 0.5) is 0 Å². The minimum absolute atomic E-state index is 1.06. The van der Waals surface area contributed by atoms with E-state index in [9.17, 15) is 0 Å². The number of hydrogen-bond donors (Lipinski definition) is 1. The van der Waals surface area contributed by atoms with Crippen LogP contribution in [-0.2, 0) is 6.42 Å². The fraction of sp³-hybridized carbons (Fsp3) is 0.500. The molecule has 1 aromatic rings. The Bertz CT molecular complexity index is 289. The normalized spacial score (nSPS) is 10.5. The summed E-state index contributed by atoms with van der Waals surface area (Å²) in [6, 6.07) is 4.54. The van der Waals surface area contributed by atoms with E-state index in [4.69, 9.17) is 0 Å². The van der Waals surface area contributed by atoms with Crippen molar-refractivity contribution in [3.8, 4) is 0 Å². The first-order valence-corrected chi connectivity index (χ1v) is 4.86. The lowest BCUT2D eigenvalue weighted by Crippen LogP contribution is -2.11. The van der Waals surface area contributed by atoms with Crippen LogP contribution in [0.1, 0.15) is 22.3 Å². The van der Waals surface area contributed by atoms with Gasteiger partial charge in [-0.05, 0) is 57.5 Å². The maximum absolute atomic E-state index is 3.18. The summed E-state index contributed by atoms with van der Waals surface area (Å²) in [5, 5.41) is 3.18. The molecule has 0 radical (unpaired) electrons. The molecule has 0 aromatic heterocycles. The summed E-state index contributed by atoms with van der Waals surface area (Å²) in [4.78, 5) is 0. The van der Waals surface area contributed by atoms with Crippen LogP contribution in [0, 0.1) is 20.8 Å². The Morgan fingerprint density at radius 1 is 1.15 bits per heavy atom. The van der Waals surface area contributed by atoms with Crippen molar-refractivity contribution in [3.05, 3.63) is 34.4 Å². The Hall–Kier alpha value is -0.820. The molecule has 72 valence electrons. The van der Waals surface area contributed by atoms with Crippen LogP contribution >= 0.6 is 0 Å². The van der Waals surface area contributed by atoms with Gasteiger partial charge in [-0.25, -0.2) is 0 Å². The highest BCUT2D eigenvalue weighted by Gasteiger charge is 2.01. The van der Waals surface area contributed by atoms with E-state index < -0.39 is 0 Å². The number of hydrogen-bond acceptors (Lipinski definition) is 1. The highest BCUT2D eigenvalue weighted by atomic mass is 14.8. The van der Waals surface area contributed by atoms with E-state index in [0.717, 1.165) is 13.0 Å². The maximum atomic E-state index is 3.18. The topological polar surface area (TPSA) is 12.0 Å². The lowest BCUT2D eigenvalue weighted by molar-refractivity contribution is 0.787. The van der Waals surface area contributed by atoms with Gasteiger partial charge in [0, 0.05) is 0 Å². The minimum Gasteiger partial charge on any atom is -0.319 e. The summed E-state index contributed by atoms with van der Waals surface area (Å²) in [7, 11) is 2.00. The van der Waals surface area contributed by atoms with Gasteiger partial charge in [0.15, 0.2) is 0 Å². The average Bonchev–Trinajstić information content (AvgIpc) is 2.09. The van der Waals surface area contributed by atoms with Crippen molar-refractivity contribution in [2.45, 2.75) is 27.2 Å². The van der Waals surface area contributed by atoms with E-state index in [0.29, 0.717) is 0 Å². The second-order valence-electron chi connectivity index (χ2n) is 3.72. The van der Waals surface area contributed by atoms with E-state index in [1.807, 2.05) is 7.05 Å². The Balaban J connectivity index is 2.92. The molecule has 0 aliphatic carbocycles. The zero-order valence-corrected chi connectivity index (χ0v) is 9.07. The van der Waals surface area contributed by atoms with Crippen LogP contribution in [0.3, 0.4) is 0 Å². The molecular weight excluding hydrogens is 158 g/mol. The number of likely N-dealkylation sites (N-methyl/N-ethyl adjacent to an activating group) is 1. The van der Waals surface area contributed by atoms with E-state index in [2.05, 4.69) is 38.2 Å². The molecule has 1 heteroatoms. The fourth-order valence-electron chi connectivity index (χ4n) is 1.65. The molecule has 0 aliphatic heterocycles. The van der Waals surface area contributed by atoms with Crippen molar-refractivity contribution in [1.82, 2.24) is 5.32 Å². The van der Waals surface area contributed by atoms with Crippen LogP contribution in [0.5, 0.6) is 0 Å². The molecule has 1 N–H and O–H groups in total. The van der Waals surface area contributed by atoms with E-state index >= 15 is 0 Å². The second-order valence-corrected chi connectivity index (χ2v) is 3.72. The van der Waals surface area contributed by atoms with Gasteiger partial charge >= 0.3 is 0 Å². The van der Waals surface area contributed by atoms with E-state index in [1.54, 1.807) is 0 Å². The van der Waals surface area contributed by atoms with Gasteiger partial charge in [-0.1, -0.05) is 17.7 Å². The Morgan fingerprint density at radius 3 is 2.46 bits per heavy atom. The molecule has 0 fully saturated rings. The van der Waals surface area contributed by atoms with Crippen molar-refractivity contribution in [2.24, 2.45) is 0 Å². The summed E-state index contributed by atoms with van der Waals surface area (Å²) in [6.07, 6.45) is 1.13. The lowest BCUT2D eigenvalue weighted by atomic mass is 9.98. The van der Waals surface area contributed by atoms with Crippen LogP contribution in [0.25, 0.3) is 0 Å².